The van der Waals surface area contributed by atoms with Crippen LogP contribution in [-0.4, -0.2) is 46.9 Å². The SMILES string of the molecule is CCN1CCc2nc3ccccc3c(C(=O)OC(C)C(=O)Nc3ccc(NC(C)=O)cc3)c2C1. The van der Waals surface area contributed by atoms with E-state index in [4.69, 9.17) is 9.72 Å². The number of nitrogens with one attached hydrogen (secondary N) is 2. The molecule has 3 aromatic rings. The molecule has 1 unspecified atom stereocenters. The number of hydrogen-bond acceptors (Lipinski definition) is 6. The molecule has 1 atom stereocenters. The number of aromatic nitrogens is 1. The van der Waals surface area contributed by atoms with Crippen LogP contribution in [0.3, 0.4) is 0 Å². The summed E-state index contributed by atoms with van der Waals surface area (Å²) in [6, 6.07) is 14.2. The molecule has 8 heteroatoms. The Kier molecular flexibility index (Phi) is 6.88. The number of carbonyl (C=O) groups is 3. The van der Waals surface area contributed by atoms with Crippen molar-refractivity contribution in [3.63, 3.8) is 0 Å². The van der Waals surface area contributed by atoms with E-state index in [2.05, 4.69) is 22.5 Å². The molecule has 0 fully saturated rings. The van der Waals surface area contributed by atoms with E-state index in [9.17, 15) is 14.4 Å². The Morgan fingerprint density at radius 1 is 1.06 bits per heavy atom. The van der Waals surface area contributed by atoms with E-state index < -0.39 is 18.0 Å². The number of likely N-dealkylation sites (N-methyl/N-ethyl adjacent to an activating group) is 1. The molecular formula is C26H28N4O4. The van der Waals surface area contributed by atoms with Gasteiger partial charge in [0.05, 0.1) is 11.1 Å². The van der Waals surface area contributed by atoms with Gasteiger partial charge in [-0.25, -0.2) is 4.79 Å². The number of anilines is 2. The summed E-state index contributed by atoms with van der Waals surface area (Å²) in [5.41, 5.74) is 4.17. The molecule has 0 bridgehead atoms. The van der Waals surface area contributed by atoms with E-state index in [-0.39, 0.29) is 5.91 Å². The van der Waals surface area contributed by atoms with Gasteiger partial charge in [0.25, 0.3) is 5.91 Å². The normalized spacial score (nSPS) is 14.2. The zero-order valence-electron chi connectivity index (χ0n) is 19.6. The van der Waals surface area contributed by atoms with Crippen LogP contribution in [0, 0.1) is 0 Å². The molecule has 34 heavy (non-hydrogen) atoms. The highest BCUT2D eigenvalue weighted by Crippen LogP contribution is 2.29. The minimum Gasteiger partial charge on any atom is -0.449 e. The molecule has 2 amide bonds. The largest absolute Gasteiger partial charge is 0.449 e. The molecule has 1 aliphatic heterocycles. The molecule has 4 rings (SSSR count). The summed E-state index contributed by atoms with van der Waals surface area (Å²) in [4.78, 5) is 44.3. The molecule has 1 aromatic heterocycles. The van der Waals surface area contributed by atoms with E-state index in [1.807, 2.05) is 24.3 Å². The first kappa shape index (κ1) is 23.4. The van der Waals surface area contributed by atoms with E-state index in [0.717, 1.165) is 41.7 Å². The third kappa shape index (κ3) is 5.07. The minimum atomic E-state index is -1.00. The van der Waals surface area contributed by atoms with Crippen molar-refractivity contribution < 1.29 is 19.1 Å². The number of hydrogen-bond donors (Lipinski definition) is 2. The van der Waals surface area contributed by atoms with E-state index in [0.29, 0.717) is 23.5 Å². The van der Waals surface area contributed by atoms with Gasteiger partial charge in [0.2, 0.25) is 5.91 Å². The smallest absolute Gasteiger partial charge is 0.339 e. The summed E-state index contributed by atoms with van der Waals surface area (Å²) in [5.74, 6) is -1.15. The molecule has 2 heterocycles. The van der Waals surface area contributed by atoms with Crippen molar-refractivity contribution in [2.45, 2.75) is 39.8 Å². The first-order valence-corrected chi connectivity index (χ1v) is 11.4. The molecule has 0 radical (unpaired) electrons. The highest BCUT2D eigenvalue weighted by Gasteiger charge is 2.28. The van der Waals surface area contributed by atoms with Crippen LogP contribution < -0.4 is 10.6 Å². The van der Waals surface area contributed by atoms with Crippen LogP contribution in [0.25, 0.3) is 10.9 Å². The maximum absolute atomic E-state index is 13.4. The molecule has 8 nitrogen and oxygen atoms in total. The first-order valence-electron chi connectivity index (χ1n) is 11.4. The average Bonchev–Trinajstić information content (AvgIpc) is 2.82. The van der Waals surface area contributed by atoms with Crippen LogP contribution in [0.5, 0.6) is 0 Å². The maximum Gasteiger partial charge on any atom is 0.339 e. The second-order valence-corrected chi connectivity index (χ2v) is 8.34. The van der Waals surface area contributed by atoms with Crippen molar-refractivity contribution in [3.05, 3.63) is 65.4 Å². The van der Waals surface area contributed by atoms with Gasteiger partial charge < -0.3 is 15.4 Å². The molecule has 2 N–H and O–H groups in total. The Labute approximate surface area is 198 Å². The topological polar surface area (TPSA) is 101 Å². The van der Waals surface area contributed by atoms with Crippen molar-refractivity contribution in [3.8, 4) is 0 Å². The summed E-state index contributed by atoms with van der Waals surface area (Å²) in [7, 11) is 0. The fourth-order valence-corrected chi connectivity index (χ4v) is 4.11. The Bertz CT molecular complexity index is 1240. The monoisotopic (exact) mass is 460 g/mol. The number of amides is 2. The fourth-order valence-electron chi connectivity index (χ4n) is 4.11. The van der Waals surface area contributed by atoms with Crippen molar-refractivity contribution in [2.24, 2.45) is 0 Å². The number of benzene rings is 2. The summed E-state index contributed by atoms with van der Waals surface area (Å²) in [5, 5.41) is 6.14. The van der Waals surface area contributed by atoms with Gasteiger partial charge in [-0.15, -0.1) is 0 Å². The molecule has 1 aliphatic rings. The maximum atomic E-state index is 13.4. The third-order valence-corrected chi connectivity index (χ3v) is 5.90. The van der Waals surface area contributed by atoms with Crippen LogP contribution in [0.1, 0.15) is 42.4 Å². The Hall–Kier alpha value is -3.78. The Morgan fingerprint density at radius 2 is 1.74 bits per heavy atom. The zero-order chi connectivity index (χ0) is 24.2. The average molecular weight is 461 g/mol. The van der Waals surface area contributed by atoms with Gasteiger partial charge in [-0.1, -0.05) is 25.1 Å². The number of esters is 1. The van der Waals surface area contributed by atoms with E-state index in [1.54, 1.807) is 31.2 Å². The molecule has 0 spiro atoms. The molecule has 0 saturated heterocycles. The quantitative estimate of drug-likeness (QED) is 0.544. The van der Waals surface area contributed by atoms with Crippen molar-refractivity contribution in [1.29, 1.82) is 0 Å². The lowest BCUT2D eigenvalue weighted by Gasteiger charge is -2.29. The lowest BCUT2D eigenvalue weighted by atomic mass is 9.95. The predicted octanol–water partition coefficient (Wildman–Crippen LogP) is 3.76. The van der Waals surface area contributed by atoms with Crippen LogP contribution in [0.15, 0.2) is 48.5 Å². The number of nitrogens with zero attached hydrogens (tertiary/aromatic N) is 2. The van der Waals surface area contributed by atoms with Crippen molar-refractivity contribution in [1.82, 2.24) is 9.88 Å². The lowest BCUT2D eigenvalue weighted by molar-refractivity contribution is -0.123. The zero-order valence-corrected chi connectivity index (χ0v) is 19.6. The van der Waals surface area contributed by atoms with Gasteiger partial charge in [0.1, 0.15) is 0 Å². The highest BCUT2D eigenvalue weighted by atomic mass is 16.5. The van der Waals surface area contributed by atoms with Gasteiger partial charge in [-0.3, -0.25) is 19.5 Å². The van der Waals surface area contributed by atoms with Gasteiger partial charge >= 0.3 is 5.97 Å². The summed E-state index contributed by atoms with van der Waals surface area (Å²) >= 11 is 0. The lowest BCUT2D eigenvalue weighted by Crippen LogP contribution is -2.34. The van der Waals surface area contributed by atoms with E-state index >= 15 is 0 Å². The van der Waals surface area contributed by atoms with Crippen molar-refractivity contribution >= 4 is 40.1 Å². The molecular weight excluding hydrogens is 432 g/mol. The summed E-state index contributed by atoms with van der Waals surface area (Å²) in [6.07, 6.45) is -0.241. The van der Waals surface area contributed by atoms with Crippen LogP contribution in [0.2, 0.25) is 0 Å². The minimum absolute atomic E-state index is 0.176. The summed E-state index contributed by atoms with van der Waals surface area (Å²) < 4.78 is 5.64. The summed E-state index contributed by atoms with van der Waals surface area (Å²) in [6.45, 7) is 7.45. The van der Waals surface area contributed by atoms with Gasteiger partial charge in [-0.05, 0) is 43.8 Å². The Morgan fingerprint density at radius 3 is 2.41 bits per heavy atom. The Balaban J connectivity index is 1.53. The van der Waals surface area contributed by atoms with Crippen molar-refractivity contribution in [2.75, 3.05) is 23.7 Å². The highest BCUT2D eigenvalue weighted by molar-refractivity contribution is 6.06. The first-order chi connectivity index (χ1) is 16.4. The number of rotatable bonds is 6. The van der Waals surface area contributed by atoms with Crippen LogP contribution >= 0.6 is 0 Å². The molecule has 2 aromatic carbocycles. The molecule has 0 aliphatic carbocycles. The number of carbonyl (C=O) groups excluding carboxylic acids is 3. The fraction of sp³-hybridized carbons (Fsp3) is 0.308. The number of pyridine rings is 1. The predicted molar refractivity (Wildman–Crippen MR) is 131 cm³/mol. The second kappa shape index (κ2) is 10.0. The number of ether oxygens (including phenoxy) is 1. The standard InChI is InChI=1S/C26H28N4O4/c1-4-30-14-13-23-21(15-30)24(20-7-5-6-8-22(20)29-23)26(33)34-16(2)25(32)28-19-11-9-18(10-12-19)27-17(3)31/h5-12,16H,4,13-15H2,1-3H3,(H,27,31)(H,28,32). The van der Waals surface area contributed by atoms with Gasteiger partial charge in [0, 0.05) is 54.5 Å². The third-order valence-electron chi connectivity index (χ3n) is 5.90. The molecule has 176 valence electrons. The molecule has 0 saturated carbocycles. The number of para-hydroxylation sites is 1. The van der Waals surface area contributed by atoms with Gasteiger partial charge in [0.15, 0.2) is 6.10 Å². The van der Waals surface area contributed by atoms with Crippen LogP contribution in [0.4, 0.5) is 11.4 Å². The second-order valence-electron chi connectivity index (χ2n) is 8.34. The van der Waals surface area contributed by atoms with Crippen LogP contribution in [-0.2, 0) is 27.3 Å². The van der Waals surface area contributed by atoms with Gasteiger partial charge in [-0.2, -0.15) is 0 Å². The van der Waals surface area contributed by atoms with E-state index in [1.165, 1.54) is 6.92 Å². The number of fused-ring (bicyclic) bond motifs is 2.